The third-order valence-electron chi connectivity index (χ3n) is 3.18. The highest BCUT2D eigenvalue weighted by Gasteiger charge is 2.29. The molecule has 0 radical (unpaired) electrons. The number of rotatable bonds is 2. The summed E-state index contributed by atoms with van der Waals surface area (Å²) in [4.78, 5) is 25.7. The lowest BCUT2D eigenvalue weighted by Gasteiger charge is -2.15. The lowest BCUT2D eigenvalue weighted by atomic mass is 10.3. The average Bonchev–Trinajstić information content (AvgIpc) is 2.78. The number of carbonyl (C=O) groups is 1. The van der Waals surface area contributed by atoms with Crippen LogP contribution >= 0.6 is 15.9 Å². The van der Waals surface area contributed by atoms with Crippen LogP contribution in [0.25, 0.3) is 5.69 Å². The second kappa shape index (κ2) is 5.20. The van der Waals surface area contributed by atoms with Gasteiger partial charge in [0.25, 0.3) is 5.56 Å². The Hall–Kier alpha value is -1.95. The van der Waals surface area contributed by atoms with E-state index in [0.717, 1.165) is 0 Å². The number of alkyl halides is 1. The number of para-hydroxylation sites is 1. The van der Waals surface area contributed by atoms with Crippen LogP contribution in [0, 0.1) is 0 Å². The quantitative estimate of drug-likeness (QED) is 0.786. The van der Waals surface area contributed by atoms with Crippen LogP contribution in [0.1, 0.15) is 6.42 Å². The molecule has 1 amide bonds. The minimum Gasteiger partial charge on any atom is -0.309 e. The molecule has 1 fully saturated rings. The van der Waals surface area contributed by atoms with Crippen molar-refractivity contribution in [3.63, 3.8) is 0 Å². The molecule has 2 aromatic rings. The van der Waals surface area contributed by atoms with Gasteiger partial charge in [0.15, 0.2) is 0 Å². The molecular formula is C14H12BrN3O2. The van der Waals surface area contributed by atoms with Crippen molar-refractivity contribution in [3.05, 3.63) is 52.9 Å². The zero-order valence-electron chi connectivity index (χ0n) is 10.6. The van der Waals surface area contributed by atoms with E-state index >= 15 is 0 Å². The second-order valence-electron chi connectivity index (χ2n) is 4.61. The number of nitrogens with zero attached hydrogens (tertiary/aromatic N) is 3. The molecular weight excluding hydrogens is 322 g/mol. The third kappa shape index (κ3) is 2.38. The fourth-order valence-electron chi connectivity index (χ4n) is 2.22. The first-order valence-electron chi connectivity index (χ1n) is 6.24. The van der Waals surface area contributed by atoms with E-state index < -0.39 is 0 Å². The van der Waals surface area contributed by atoms with Gasteiger partial charge in [-0.25, -0.2) is 0 Å². The van der Waals surface area contributed by atoms with E-state index in [1.54, 1.807) is 11.1 Å². The van der Waals surface area contributed by atoms with Gasteiger partial charge in [0.1, 0.15) is 0 Å². The number of aromatic nitrogens is 2. The van der Waals surface area contributed by atoms with E-state index in [9.17, 15) is 9.59 Å². The van der Waals surface area contributed by atoms with Gasteiger partial charge < -0.3 is 4.90 Å². The Kier molecular flexibility index (Phi) is 3.40. The number of carbonyl (C=O) groups excluding carboxylic acids is 1. The summed E-state index contributed by atoms with van der Waals surface area (Å²) in [6, 6.07) is 10.6. The standard InChI is InChI=1S/C14H12BrN3O2/c15-10-6-13(19)17(9-10)12-7-14(20)18(16-8-12)11-4-2-1-3-5-11/h1-5,7-8,10H,6,9H2. The molecule has 6 heteroatoms. The van der Waals surface area contributed by atoms with Gasteiger partial charge in [0, 0.05) is 23.9 Å². The van der Waals surface area contributed by atoms with Crippen LogP contribution in [-0.2, 0) is 4.79 Å². The Morgan fingerprint density at radius 2 is 1.90 bits per heavy atom. The van der Waals surface area contributed by atoms with Gasteiger partial charge in [0.2, 0.25) is 5.91 Å². The number of halogens is 1. The first-order valence-corrected chi connectivity index (χ1v) is 7.16. The molecule has 1 saturated heterocycles. The maximum Gasteiger partial charge on any atom is 0.273 e. The molecule has 0 bridgehead atoms. The zero-order chi connectivity index (χ0) is 14.1. The molecule has 0 saturated carbocycles. The van der Waals surface area contributed by atoms with Crippen LogP contribution in [0.2, 0.25) is 0 Å². The Morgan fingerprint density at radius 1 is 1.15 bits per heavy atom. The minimum atomic E-state index is -0.250. The number of anilines is 1. The SMILES string of the molecule is O=C1CC(Br)CN1c1cnn(-c2ccccc2)c(=O)c1. The predicted molar refractivity (Wildman–Crippen MR) is 79.5 cm³/mol. The van der Waals surface area contributed by atoms with E-state index in [1.807, 2.05) is 30.3 Å². The summed E-state index contributed by atoms with van der Waals surface area (Å²) < 4.78 is 1.32. The van der Waals surface area contributed by atoms with Gasteiger partial charge in [-0.1, -0.05) is 34.1 Å². The normalized spacial score (nSPS) is 18.6. The molecule has 20 heavy (non-hydrogen) atoms. The van der Waals surface area contributed by atoms with Crippen molar-refractivity contribution < 1.29 is 4.79 Å². The highest BCUT2D eigenvalue weighted by Crippen LogP contribution is 2.23. The molecule has 1 aromatic heterocycles. The van der Waals surface area contributed by atoms with E-state index in [0.29, 0.717) is 24.3 Å². The molecule has 1 aliphatic rings. The summed E-state index contributed by atoms with van der Waals surface area (Å²) in [6.45, 7) is 0.565. The number of hydrogen-bond acceptors (Lipinski definition) is 3. The molecule has 0 aliphatic carbocycles. The van der Waals surface area contributed by atoms with Crippen molar-refractivity contribution >= 4 is 27.5 Å². The van der Waals surface area contributed by atoms with Crippen LogP contribution in [-0.4, -0.2) is 27.1 Å². The summed E-state index contributed by atoms with van der Waals surface area (Å²) in [5.41, 5.74) is 1.00. The van der Waals surface area contributed by atoms with Crippen molar-refractivity contribution in [3.8, 4) is 5.69 Å². The van der Waals surface area contributed by atoms with Crippen LogP contribution in [0.5, 0.6) is 0 Å². The Bertz CT molecular complexity index is 699. The van der Waals surface area contributed by atoms with E-state index in [-0.39, 0.29) is 16.3 Å². The Balaban J connectivity index is 1.96. The third-order valence-corrected chi connectivity index (χ3v) is 3.79. The molecule has 1 aromatic carbocycles. The molecule has 1 unspecified atom stereocenters. The summed E-state index contributed by atoms with van der Waals surface area (Å²) in [5.74, 6) is 0.00513. The molecule has 102 valence electrons. The summed E-state index contributed by atoms with van der Waals surface area (Å²) in [5, 5.41) is 4.15. The highest BCUT2D eigenvalue weighted by atomic mass is 79.9. The Morgan fingerprint density at radius 3 is 2.50 bits per heavy atom. The van der Waals surface area contributed by atoms with Gasteiger partial charge >= 0.3 is 0 Å². The summed E-state index contributed by atoms with van der Waals surface area (Å²) in [6.07, 6.45) is 2.00. The largest absolute Gasteiger partial charge is 0.309 e. The molecule has 0 N–H and O–H groups in total. The van der Waals surface area contributed by atoms with Gasteiger partial charge in [0.05, 0.1) is 17.6 Å². The molecule has 1 atom stereocenters. The lowest BCUT2D eigenvalue weighted by Crippen LogP contribution is -2.28. The van der Waals surface area contributed by atoms with E-state index in [4.69, 9.17) is 0 Å². The van der Waals surface area contributed by atoms with Gasteiger partial charge in [-0.15, -0.1) is 0 Å². The second-order valence-corrected chi connectivity index (χ2v) is 5.90. The van der Waals surface area contributed by atoms with Gasteiger partial charge in [-0.2, -0.15) is 9.78 Å². The first-order chi connectivity index (χ1) is 9.65. The van der Waals surface area contributed by atoms with Crippen LogP contribution in [0.4, 0.5) is 5.69 Å². The zero-order valence-corrected chi connectivity index (χ0v) is 12.2. The maximum atomic E-state index is 12.1. The average molecular weight is 334 g/mol. The summed E-state index contributed by atoms with van der Waals surface area (Å²) >= 11 is 3.42. The van der Waals surface area contributed by atoms with Crippen molar-refractivity contribution in [1.29, 1.82) is 0 Å². The van der Waals surface area contributed by atoms with Crippen LogP contribution in [0.15, 0.2) is 47.4 Å². The van der Waals surface area contributed by atoms with Crippen molar-refractivity contribution in [2.45, 2.75) is 11.2 Å². The van der Waals surface area contributed by atoms with Gasteiger partial charge in [-0.3, -0.25) is 9.59 Å². The molecule has 5 nitrogen and oxygen atoms in total. The van der Waals surface area contributed by atoms with Crippen molar-refractivity contribution in [2.75, 3.05) is 11.4 Å². The van der Waals surface area contributed by atoms with Crippen molar-refractivity contribution in [2.24, 2.45) is 0 Å². The van der Waals surface area contributed by atoms with Gasteiger partial charge in [-0.05, 0) is 12.1 Å². The topological polar surface area (TPSA) is 55.2 Å². The highest BCUT2D eigenvalue weighted by molar-refractivity contribution is 9.09. The number of amides is 1. The molecule has 3 rings (SSSR count). The summed E-state index contributed by atoms with van der Waals surface area (Å²) in [7, 11) is 0. The molecule has 2 heterocycles. The minimum absolute atomic E-state index is 0.00513. The maximum absolute atomic E-state index is 12.1. The lowest BCUT2D eigenvalue weighted by molar-refractivity contribution is -0.117. The fourth-order valence-corrected chi connectivity index (χ4v) is 2.79. The molecule has 0 spiro atoms. The van der Waals surface area contributed by atoms with E-state index in [1.165, 1.54) is 10.7 Å². The number of hydrogen-bond donors (Lipinski definition) is 0. The first kappa shape index (κ1) is 13.1. The van der Waals surface area contributed by atoms with Crippen LogP contribution in [0.3, 0.4) is 0 Å². The smallest absolute Gasteiger partial charge is 0.273 e. The fraction of sp³-hybridized carbons (Fsp3) is 0.214. The monoisotopic (exact) mass is 333 g/mol. The van der Waals surface area contributed by atoms with Crippen LogP contribution < -0.4 is 10.5 Å². The van der Waals surface area contributed by atoms with Crippen molar-refractivity contribution in [1.82, 2.24) is 9.78 Å². The Labute approximate surface area is 124 Å². The number of benzene rings is 1. The molecule has 1 aliphatic heterocycles. The van der Waals surface area contributed by atoms with E-state index in [2.05, 4.69) is 21.0 Å². The predicted octanol–water partition coefficient (Wildman–Crippen LogP) is 1.73.